The highest BCUT2D eigenvalue weighted by Gasteiger charge is 2.45. The fourth-order valence-corrected chi connectivity index (χ4v) is 6.24. The predicted octanol–water partition coefficient (Wildman–Crippen LogP) is 0.869. The highest BCUT2D eigenvalue weighted by Crippen LogP contribution is 2.55. The lowest BCUT2D eigenvalue weighted by molar-refractivity contribution is -0.0523. The van der Waals surface area contributed by atoms with Crippen LogP contribution >= 0.6 is 15.2 Å². The van der Waals surface area contributed by atoms with Gasteiger partial charge in [0.05, 0.1) is 13.7 Å². The molecule has 0 amide bonds. The number of hydrogen-bond acceptors (Lipinski definition) is 12. The van der Waals surface area contributed by atoms with Gasteiger partial charge in [-0.05, 0) is 45.3 Å². The van der Waals surface area contributed by atoms with Crippen LogP contribution < -0.4 is 11.2 Å². The highest BCUT2D eigenvalue weighted by molar-refractivity contribution is 7.70. The number of rotatable bonds is 14. The van der Waals surface area contributed by atoms with E-state index in [-0.39, 0.29) is 5.82 Å². The first-order valence-electron chi connectivity index (χ1n) is 13.5. The fourth-order valence-electron chi connectivity index (χ4n) is 3.67. The van der Waals surface area contributed by atoms with Gasteiger partial charge in [0.15, 0.2) is 17.9 Å². The molecule has 2 rings (SSSR count). The van der Waals surface area contributed by atoms with Gasteiger partial charge in [-0.3, -0.25) is 18.5 Å². The second kappa shape index (κ2) is 19.8. The molecule has 0 aliphatic carbocycles. The molecule has 0 spiro atoms. The van der Waals surface area contributed by atoms with Crippen molar-refractivity contribution in [2.24, 2.45) is 0 Å². The van der Waals surface area contributed by atoms with Crippen LogP contribution in [0.15, 0.2) is 17.1 Å². The van der Waals surface area contributed by atoms with Gasteiger partial charge in [0.25, 0.3) is 0 Å². The van der Waals surface area contributed by atoms with Gasteiger partial charge in [-0.15, -0.1) is 0 Å². The van der Waals surface area contributed by atoms with Gasteiger partial charge in [-0.1, -0.05) is 41.5 Å². The van der Waals surface area contributed by atoms with E-state index in [4.69, 9.17) is 14.5 Å². The summed E-state index contributed by atoms with van der Waals surface area (Å²) in [7, 11) is -8.17. The molecule has 1 fully saturated rings. The lowest BCUT2D eigenvalue weighted by Gasteiger charge is -2.18. The predicted molar refractivity (Wildman–Crippen MR) is 155 cm³/mol. The third-order valence-electron chi connectivity index (χ3n) is 6.13. The molecule has 0 bridgehead atoms. The fraction of sp³-hybridized carbons (Fsp3) is 0.826. The number of nitrogens with one attached hydrogen (secondary N) is 1. The average Bonchev–Trinajstić information content (AvgIpc) is 3.18. The van der Waals surface area contributed by atoms with Crippen LogP contribution in [0.3, 0.4) is 0 Å². The standard InChI is InChI=1S/C11H19N3O11P2.2C6H15N/c1-23-13-7-2-3-14(11(17)12-7)10-9(16)8(15)6(25-10)4-24-27(21,22)5-26(18,19)20;2*1-4-7(5-2)6-3/h2-3,6,8-10,15-16H,4-5H2,1H3,(H,21,22)(H,12,13,17)(H2,18,19,20);2*4-6H2,1-3H3/t6-,8-,9-,10-;;/m1../s1. The second-order valence-corrected chi connectivity index (χ2v) is 12.8. The van der Waals surface area contributed by atoms with E-state index in [9.17, 15) is 29.0 Å². The second-order valence-electron chi connectivity index (χ2n) is 8.83. The van der Waals surface area contributed by atoms with Crippen molar-refractivity contribution in [3.8, 4) is 0 Å². The first-order chi connectivity index (χ1) is 19.1. The zero-order valence-electron chi connectivity index (χ0n) is 25.0. The van der Waals surface area contributed by atoms with Crippen LogP contribution in [0.25, 0.3) is 0 Å². The normalized spacial score (nSPS) is 22.0. The molecule has 0 aromatic carbocycles. The Hall–Kier alpha value is -1.26. The molecule has 1 aliphatic rings. The third-order valence-corrected chi connectivity index (χ3v) is 9.59. The van der Waals surface area contributed by atoms with Crippen molar-refractivity contribution in [1.29, 1.82) is 0 Å². The van der Waals surface area contributed by atoms with E-state index in [0.29, 0.717) is 0 Å². The van der Waals surface area contributed by atoms with Gasteiger partial charge < -0.3 is 44.0 Å². The Morgan fingerprint density at radius 1 is 0.951 bits per heavy atom. The van der Waals surface area contributed by atoms with E-state index in [1.165, 1.54) is 58.6 Å². The zero-order valence-corrected chi connectivity index (χ0v) is 26.8. The van der Waals surface area contributed by atoms with Gasteiger partial charge in [-0.2, -0.15) is 4.98 Å². The van der Waals surface area contributed by atoms with E-state index in [2.05, 4.69) is 71.2 Å². The Morgan fingerprint density at radius 2 is 1.44 bits per heavy atom. The van der Waals surface area contributed by atoms with Gasteiger partial charge >= 0.3 is 20.9 Å². The summed E-state index contributed by atoms with van der Waals surface area (Å²) in [6, 6.07) is 1.33. The van der Waals surface area contributed by atoms with Gasteiger partial charge in [0.1, 0.15) is 18.3 Å². The van der Waals surface area contributed by atoms with Crippen molar-refractivity contribution in [2.75, 3.05) is 64.4 Å². The minimum atomic E-state index is -4.81. The van der Waals surface area contributed by atoms with Gasteiger partial charge in [0.2, 0.25) is 0 Å². The topological polar surface area (TPSA) is 216 Å². The van der Waals surface area contributed by atoms with Crippen molar-refractivity contribution in [3.05, 3.63) is 22.7 Å². The van der Waals surface area contributed by atoms with E-state index in [1.54, 1.807) is 0 Å². The first kappa shape index (κ1) is 39.7. The number of aliphatic hydroxyl groups is 2. The maximum absolute atomic E-state index is 12.0. The molecule has 1 unspecified atom stereocenters. The minimum Gasteiger partial charge on any atom is -0.387 e. The number of nitrogens with zero attached hydrogens (tertiary/aromatic N) is 4. The van der Waals surface area contributed by atoms with Crippen molar-refractivity contribution >= 4 is 21.0 Å². The molecule has 1 aromatic heterocycles. The summed E-state index contributed by atoms with van der Waals surface area (Å²) in [5.74, 6) is -1.32. The molecule has 41 heavy (non-hydrogen) atoms. The molecule has 0 saturated carbocycles. The molecule has 18 heteroatoms. The van der Waals surface area contributed by atoms with Gasteiger partial charge in [-0.25, -0.2) is 10.3 Å². The van der Waals surface area contributed by atoms with Crippen molar-refractivity contribution < 1.29 is 48.1 Å². The molecule has 5 atom stereocenters. The molecule has 2 heterocycles. The molecule has 1 aromatic rings. The average molecular weight is 634 g/mol. The van der Waals surface area contributed by atoms with Crippen LogP contribution in [-0.2, 0) is 23.2 Å². The van der Waals surface area contributed by atoms with E-state index in [1.807, 2.05) is 0 Å². The van der Waals surface area contributed by atoms with Crippen LogP contribution in [0.1, 0.15) is 47.8 Å². The summed E-state index contributed by atoms with van der Waals surface area (Å²) >= 11 is 0. The monoisotopic (exact) mass is 633 g/mol. The number of hydrogen-bond donors (Lipinski definition) is 6. The summed E-state index contributed by atoms with van der Waals surface area (Å²) in [6.07, 6.45) is -4.70. The summed E-state index contributed by atoms with van der Waals surface area (Å²) in [4.78, 5) is 51.9. The Bertz CT molecular complexity index is 981. The Morgan fingerprint density at radius 3 is 1.80 bits per heavy atom. The van der Waals surface area contributed by atoms with Crippen molar-refractivity contribution in [3.63, 3.8) is 0 Å². The smallest absolute Gasteiger partial charge is 0.351 e. The van der Waals surface area contributed by atoms with Crippen molar-refractivity contribution in [1.82, 2.24) is 19.4 Å². The van der Waals surface area contributed by atoms with Crippen LogP contribution in [0.2, 0.25) is 0 Å². The quantitative estimate of drug-likeness (QED) is 0.124. The zero-order chi connectivity index (χ0) is 31.8. The molecular formula is C23H49N5O11P2. The Kier molecular flexibility index (Phi) is 19.2. The molecule has 1 saturated heterocycles. The maximum Gasteiger partial charge on any atom is 0.351 e. The number of aromatic nitrogens is 2. The van der Waals surface area contributed by atoms with E-state index in [0.717, 1.165) is 4.57 Å². The lowest BCUT2D eigenvalue weighted by Crippen LogP contribution is -2.36. The molecule has 0 radical (unpaired) electrons. The maximum atomic E-state index is 12.0. The largest absolute Gasteiger partial charge is 0.387 e. The van der Waals surface area contributed by atoms with Crippen LogP contribution in [0.4, 0.5) is 5.82 Å². The number of aliphatic hydroxyl groups excluding tert-OH is 2. The minimum absolute atomic E-state index is 0.0883. The summed E-state index contributed by atoms with van der Waals surface area (Å²) in [5.41, 5.74) is 1.49. The van der Waals surface area contributed by atoms with Gasteiger partial charge in [0, 0.05) is 6.20 Å². The summed E-state index contributed by atoms with van der Waals surface area (Å²) in [6.45, 7) is 19.5. The SMILES string of the molecule is CCN(CC)CC.CCN(CC)CC.CONc1ccn([C@@H]2O[C@H](COP(=O)(O)CP(=O)(O)O)[C@@H](O)[C@H]2O)c(=O)n1. The third kappa shape index (κ3) is 15.2. The summed E-state index contributed by atoms with van der Waals surface area (Å²) in [5, 5.41) is 20.1. The van der Waals surface area contributed by atoms with Crippen LogP contribution in [0.5, 0.6) is 0 Å². The summed E-state index contributed by atoms with van der Waals surface area (Å²) < 4.78 is 33.2. The molecule has 16 nitrogen and oxygen atoms in total. The molecule has 242 valence electrons. The van der Waals surface area contributed by atoms with E-state index < -0.39 is 57.9 Å². The lowest BCUT2D eigenvalue weighted by atomic mass is 10.1. The Labute approximate surface area is 241 Å². The van der Waals surface area contributed by atoms with Crippen molar-refractivity contribution in [2.45, 2.75) is 66.1 Å². The molecular weight excluding hydrogens is 584 g/mol. The highest BCUT2D eigenvalue weighted by atomic mass is 31.2. The molecule has 1 aliphatic heterocycles. The van der Waals surface area contributed by atoms with E-state index >= 15 is 0 Å². The Balaban J connectivity index is 0.000000941. The first-order valence-corrected chi connectivity index (χ1v) is 17.0. The van der Waals surface area contributed by atoms with Crippen LogP contribution in [0, 0.1) is 0 Å². The van der Waals surface area contributed by atoms with Crippen LogP contribution in [-0.4, -0.2) is 121 Å². The number of anilines is 1. The number of ether oxygens (including phenoxy) is 1. The molecule has 6 N–H and O–H groups in total.